The standard InChI is InChI=1S/C19H20FN3O3S/c1-26-16-3-2-12(10-14(16)20)11-23-18(25)17-15(6-9-27-17)21-19(23)22-7-4-13(24)5-8-22/h2-3,6,9-10,13,24H,4-5,7-8,11H2,1H3. The molecule has 1 aromatic carbocycles. The number of thiophene rings is 1. The number of piperidine rings is 1. The van der Waals surface area contributed by atoms with Gasteiger partial charge in [0.1, 0.15) is 4.70 Å². The molecule has 0 bridgehead atoms. The van der Waals surface area contributed by atoms with Gasteiger partial charge in [-0.05, 0) is 42.0 Å². The van der Waals surface area contributed by atoms with Crippen molar-refractivity contribution >= 4 is 27.5 Å². The second-order valence-corrected chi connectivity index (χ2v) is 7.54. The largest absolute Gasteiger partial charge is 0.494 e. The zero-order valence-corrected chi connectivity index (χ0v) is 15.7. The molecule has 3 heterocycles. The minimum atomic E-state index is -0.462. The highest BCUT2D eigenvalue weighted by Gasteiger charge is 2.23. The van der Waals surface area contributed by atoms with Crippen LogP contribution in [0.15, 0.2) is 34.4 Å². The number of hydrogen-bond acceptors (Lipinski definition) is 6. The highest BCUT2D eigenvalue weighted by Crippen LogP contribution is 2.24. The van der Waals surface area contributed by atoms with Gasteiger partial charge in [-0.1, -0.05) is 6.07 Å². The summed E-state index contributed by atoms with van der Waals surface area (Å²) in [6.45, 7) is 1.47. The Bertz CT molecular complexity index is 1020. The van der Waals surface area contributed by atoms with Crippen LogP contribution >= 0.6 is 11.3 Å². The summed E-state index contributed by atoms with van der Waals surface area (Å²) in [6.07, 6.45) is 0.950. The van der Waals surface area contributed by atoms with Gasteiger partial charge in [-0.3, -0.25) is 9.36 Å². The second kappa shape index (κ2) is 7.28. The van der Waals surface area contributed by atoms with Crippen LogP contribution in [0.1, 0.15) is 18.4 Å². The summed E-state index contributed by atoms with van der Waals surface area (Å²) in [5, 5.41) is 11.6. The Morgan fingerprint density at radius 2 is 2.11 bits per heavy atom. The van der Waals surface area contributed by atoms with Gasteiger partial charge in [-0.25, -0.2) is 9.37 Å². The normalized spacial score (nSPS) is 15.4. The number of methoxy groups -OCH3 is 1. The van der Waals surface area contributed by atoms with Crippen molar-refractivity contribution in [3.8, 4) is 5.75 Å². The number of fused-ring (bicyclic) bond motifs is 1. The number of anilines is 1. The predicted octanol–water partition coefficient (Wildman–Crippen LogP) is 2.62. The first-order valence-electron chi connectivity index (χ1n) is 8.80. The highest BCUT2D eigenvalue weighted by atomic mass is 32.1. The summed E-state index contributed by atoms with van der Waals surface area (Å²) < 4.78 is 21.2. The molecule has 1 aliphatic rings. The summed E-state index contributed by atoms with van der Waals surface area (Å²) in [6, 6.07) is 6.52. The molecule has 0 amide bonds. The first kappa shape index (κ1) is 17.9. The Morgan fingerprint density at radius 1 is 1.33 bits per heavy atom. The molecule has 3 aromatic rings. The minimum Gasteiger partial charge on any atom is -0.494 e. The molecule has 0 spiro atoms. The molecule has 27 heavy (non-hydrogen) atoms. The Kier molecular flexibility index (Phi) is 4.84. The number of aliphatic hydroxyl groups excluding tert-OH is 1. The van der Waals surface area contributed by atoms with Gasteiger partial charge in [-0.2, -0.15) is 0 Å². The van der Waals surface area contributed by atoms with Gasteiger partial charge in [0.15, 0.2) is 11.6 Å². The van der Waals surface area contributed by atoms with E-state index in [1.165, 1.54) is 24.5 Å². The maximum absolute atomic E-state index is 14.1. The highest BCUT2D eigenvalue weighted by molar-refractivity contribution is 7.17. The average molecular weight is 389 g/mol. The monoisotopic (exact) mass is 389 g/mol. The fourth-order valence-corrected chi connectivity index (χ4v) is 4.15. The van der Waals surface area contributed by atoms with Crippen molar-refractivity contribution in [3.63, 3.8) is 0 Å². The first-order valence-corrected chi connectivity index (χ1v) is 9.68. The fraction of sp³-hybridized carbons (Fsp3) is 0.368. The molecule has 4 rings (SSSR count). The van der Waals surface area contributed by atoms with Crippen molar-refractivity contribution < 1.29 is 14.2 Å². The number of rotatable bonds is 4. The van der Waals surface area contributed by atoms with Crippen LogP contribution < -0.4 is 15.2 Å². The summed E-state index contributed by atoms with van der Waals surface area (Å²) in [7, 11) is 1.42. The van der Waals surface area contributed by atoms with Gasteiger partial charge >= 0.3 is 0 Å². The van der Waals surface area contributed by atoms with Crippen LogP contribution in [-0.2, 0) is 6.54 Å². The lowest BCUT2D eigenvalue weighted by molar-refractivity contribution is 0.145. The summed E-state index contributed by atoms with van der Waals surface area (Å²) in [5.41, 5.74) is 1.20. The van der Waals surface area contributed by atoms with Crippen molar-refractivity contribution in [2.75, 3.05) is 25.1 Å². The average Bonchev–Trinajstić information content (AvgIpc) is 3.14. The Morgan fingerprint density at radius 3 is 2.81 bits per heavy atom. The molecular weight excluding hydrogens is 369 g/mol. The van der Waals surface area contributed by atoms with E-state index in [-0.39, 0.29) is 24.0 Å². The Balaban J connectivity index is 1.78. The molecule has 0 atom stereocenters. The van der Waals surface area contributed by atoms with Crippen LogP contribution in [-0.4, -0.2) is 41.0 Å². The fourth-order valence-electron chi connectivity index (χ4n) is 3.37. The number of hydrogen-bond donors (Lipinski definition) is 1. The zero-order valence-electron chi connectivity index (χ0n) is 14.9. The van der Waals surface area contributed by atoms with E-state index in [1.54, 1.807) is 16.7 Å². The molecule has 6 nitrogen and oxygen atoms in total. The van der Waals surface area contributed by atoms with E-state index in [4.69, 9.17) is 9.72 Å². The number of aromatic nitrogens is 2. The summed E-state index contributed by atoms with van der Waals surface area (Å²) in [4.78, 5) is 19.8. The number of ether oxygens (including phenoxy) is 1. The predicted molar refractivity (Wildman–Crippen MR) is 103 cm³/mol. The van der Waals surface area contributed by atoms with Crippen molar-refractivity contribution in [1.29, 1.82) is 0 Å². The second-order valence-electron chi connectivity index (χ2n) is 6.63. The lowest BCUT2D eigenvalue weighted by atomic mass is 10.1. The molecule has 0 unspecified atom stereocenters. The maximum Gasteiger partial charge on any atom is 0.273 e. The molecule has 0 radical (unpaired) electrons. The van der Waals surface area contributed by atoms with Crippen LogP contribution in [0.4, 0.5) is 10.3 Å². The van der Waals surface area contributed by atoms with Gasteiger partial charge in [0.2, 0.25) is 5.95 Å². The maximum atomic E-state index is 14.1. The molecule has 1 fully saturated rings. The number of benzene rings is 1. The van der Waals surface area contributed by atoms with E-state index in [1.807, 2.05) is 16.3 Å². The van der Waals surface area contributed by atoms with Crippen molar-refractivity contribution in [2.45, 2.75) is 25.5 Å². The number of nitrogens with zero attached hydrogens (tertiary/aromatic N) is 3. The van der Waals surface area contributed by atoms with E-state index in [9.17, 15) is 14.3 Å². The van der Waals surface area contributed by atoms with Gasteiger partial charge in [0, 0.05) is 13.1 Å². The van der Waals surface area contributed by atoms with E-state index >= 15 is 0 Å². The van der Waals surface area contributed by atoms with Crippen LogP contribution in [0.25, 0.3) is 10.2 Å². The van der Waals surface area contributed by atoms with E-state index < -0.39 is 5.82 Å². The first-order chi connectivity index (χ1) is 13.1. The van der Waals surface area contributed by atoms with E-state index in [2.05, 4.69) is 0 Å². The third kappa shape index (κ3) is 3.42. The van der Waals surface area contributed by atoms with Gasteiger partial charge in [0.05, 0.1) is 25.3 Å². The molecule has 142 valence electrons. The molecule has 1 saturated heterocycles. The molecule has 0 aliphatic carbocycles. The smallest absolute Gasteiger partial charge is 0.273 e. The summed E-state index contributed by atoms with van der Waals surface area (Å²) >= 11 is 1.36. The third-order valence-corrected chi connectivity index (χ3v) is 5.74. The summed E-state index contributed by atoms with van der Waals surface area (Å²) in [5.74, 6) is 0.271. The molecule has 8 heteroatoms. The zero-order chi connectivity index (χ0) is 19.0. The lowest BCUT2D eigenvalue weighted by Crippen LogP contribution is -2.40. The number of halogens is 1. The van der Waals surface area contributed by atoms with Gasteiger partial charge < -0.3 is 14.7 Å². The SMILES string of the molecule is COc1ccc(Cn2c(N3CCC(O)CC3)nc3ccsc3c2=O)cc1F. The molecule has 1 aliphatic heterocycles. The van der Waals surface area contributed by atoms with Crippen LogP contribution in [0.5, 0.6) is 5.75 Å². The molecule has 2 aromatic heterocycles. The van der Waals surface area contributed by atoms with Crippen LogP contribution in [0.2, 0.25) is 0 Å². The Hall–Kier alpha value is -2.45. The lowest BCUT2D eigenvalue weighted by Gasteiger charge is -2.32. The van der Waals surface area contributed by atoms with Crippen molar-refractivity contribution in [3.05, 3.63) is 51.4 Å². The van der Waals surface area contributed by atoms with Crippen molar-refractivity contribution in [2.24, 2.45) is 0 Å². The molecule has 1 N–H and O–H groups in total. The third-order valence-electron chi connectivity index (χ3n) is 4.85. The van der Waals surface area contributed by atoms with Gasteiger partial charge in [0.25, 0.3) is 5.56 Å². The van der Waals surface area contributed by atoms with Crippen molar-refractivity contribution in [1.82, 2.24) is 9.55 Å². The van der Waals surface area contributed by atoms with E-state index in [0.717, 1.165) is 0 Å². The minimum absolute atomic E-state index is 0.132. The quantitative estimate of drug-likeness (QED) is 0.743. The topological polar surface area (TPSA) is 67.6 Å². The Labute approximate surface area is 159 Å². The molecule has 0 saturated carbocycles. The van der Waals surface area contributed by atoms with Crippen LogP contribution in [0, 0.1) is 5.82 Å². The van der Waals surface area contributed by atoms with Gasteiger partial charge in [-0.15, -0.1) is 11.3 Å². The van der Waals surface area contributed by atoms with E-state index in [0.29, 0.717) is 47.7 Å². The number of aliphatic hydroxyl groups is 1. The molecular formula is C19H20FN3O3S. The van der Waals surface area contributed by atoms with Crippen LogP contribution in [0.3, 0.4) is 0 Å².